The van der Waals surface area contributed by atoms with Crippen LogP contribution in [0.1, 0.15) is 22.7 Å². The molecule has 6 heteroatoms. The lowest BCUT2D eigenvalue weighted by Crippen LogP contribution is -2.49. The van der Waals surface area contributed by atoms with E-state index >= 15 is 0 Å². The summed E-state index contributed by atoms with van der Waals surface area (Å²) in [6.45, 7) is 8.24. The minimum atomic E-state index is -0.642. The lowest BCUT2D eigenvalue weighted by molar-refractivity contribution is -0.136. The maximum Gasteiger partial charge on any atom is 0.313 e. The summed E-state index contributed by atoms with van der Waals surface area (Å²) in [6, 6.07) is 15.8. The van der Waals surface area contributed by atoms with Gasteiger partial charge >= 0.3 is 11.8 Å². The second kappa shape index (κ2) is 9.67. The molecule has 6 nitrogen and oxygen atoms in total. The van der Waals surface area contributed by atoms with E-state index in [2.05, 4.69) is 58.7 Å². The fourth-order valence-electron chi connectivity index (χ4n) is 3.56. The Labute approximate surface area is 172 Å². The fraction of sp³-hybridized carbons (Fsp3) is 0.391. The molecule has 29 heavy (non-hydrogen) atoms. The molecule has 0 radical (unpaired) electrons. The SMILES string of the molecule is Cc1ccc([C@@H](CNC(=O)C(=O)Nc2cccc(C)c2)N2CCN(C)CC2)cc1. The molecule has 2 amide bonds. The topological polar surface area (TPSA) is 64.7 Å². The molecule has 3 rings (SSSR count). The quantitative estimate of drug-likeness (QED) is 0.764. The van der Waals surface area contributed by atoms with Crippen molar-refractivity contribution < 1.29 is 9.59 Å². The van der Waals surface area contributed by atoms with Crippen LogP contribution in [0, 0.1) is 13.8 Å². The van der Waals surface area contributed by atoms with E-state index < -0.39 is 11.8 Å². The van der Waals surface area contributed by atoms with Crippen molar-refractivity contribution in [1.29, 1.82) is 0 Å². The number of likely N-dealkylation sites (N-methyl/N-ethyl adjacent to an activating group) is 1. The molecule has 154 valence electrons. The summed E-state index contributed by atoms with van der Waals surface area (Å²) < 4.78 is 0. The number of hydrogen-bond acceptors (Lipinski definition) is 4. The maximum atomic E-state index is 12.4. The monoisotopic (exact) mass is 394 g/mol. The first-order valence-electron chi connectivity index (χ1n) is 10.1. The smallest absolute Gasteiger partial charge is 0.313 e. The van der Waals surface area contributed by atoms with E-state index in [0.717, 1.165) is 37.3 Å². The van der Waals surface area contributed by atoms with Crippen molar-refractivity contribution in [2.24, 2.45) is 0 Å². The molecule has 0 aliphatic carbocycles. The van der Waals surface area contributed by atoms with Crippen LogP contribution in [0.2, 0.25) is 0 Å². The molecule has 0 bridgehead atoms. The van der Waals surface area contributed by atoms with Gasteiger partial charge in [0.2, 0.25) is 0 Å². The predicted molar refractivity (Wildman–Crippen MR) is 116 cm³/mol. The van der Waals surface area contributed by atoms with E-state index in [1.54, 1.807) is 6.07 Å². The van der Waals surface area contributed by atoms with Gasteiger partial charge in [0, 0.05) is 38.4 Å². The number of hydrogen-bond donors (Lipinski definition) is 2. The molecule has 2 aromatic carbocycles. The van der Waals surface area contributed by atoms with Gasteiger partial charge in [-0.15, -0.1) is 0 Å². The molecule has 1 atom stereocenters. The first-order chi connectivity index (χ1) is 13.9. The number of piperazine rings is 1. The summed E-state index contributed by atoms with van der Waals surface area (Å²) in [5.41, 5.74) is 4.00. The van der Waals surface area contributed by atoms with Crippen LogP contribution in [0.4, 0.5) is 5.69 Å². The summed E-state index contributed by atoms with van der Waals surface area (Å²) in [4.78, 5) is 29.4. The normalized spacial score (nSPS) is 16.2. The predicted octanol–water partition coefficient (Wildman–Crippen LogP) is 2.35. The Balaban J connectivity index is 1.64. The van der Waals surface area contributed by atoms with Crippen LogP contribution in [0.5, 0.6) is 0 Å². The highest BCUT2D eigenvalue weighted by Gasteiger charge is 2.25. The average Bonchev–Trinajstić information content (AvgIpc) is 2.70. The highest BCUT2D eigenvalue weighted by molar-refractivity contribution is 6.39. The Bertz CT molecular complexity index is 842. The molecule has 1 aliphatic heterocycles. The van der Waals surface area contributed by atoms with Gasteiger partial charge in [-0.1, -0.05) is 42.0 Å². The molecule has 0 unspecified atom stereocenters. The van der Waals surface area contributed by atoms with Crippen molar-refractivity contribution in [1.82, 2.24) is 15.1 Å². The number of aryl methyl sites for hydroxylation is 2. The second-order valence-electron chi connectivity index (χ2n) is 7.80. The lowest BCUT2D eigenvalue weighted by Gasteiger charge is -2.38. The summed E-state index contributed by atoms with van der Waals surface area (Å²) in [5, 5.41) is 5.50. The minimum absolute atomic E-state index is 0.0417. The van der Waals surface area contributed by atoms with Crippen LogP contribution in [0.15, 0.2) is 48.5 Å². The van der Waals surface area contributed by atoms with Gasteiger partial charge in [0.15, 0.2) is 0 Å². The molecular weight excluding hydrogens is 364 g/mol. The fourth-order valence-corrected chi connectivity index (χ4v) is 3.56. The van der Waals surface area contributed by atoms with Crippen molar-refractivity contribution in [3.8, 4) is 0 Å². The van der Waals surface area contributed by atoms with Gasteiger partial charge in [0.05, 0.1) is 6.04 Å². The van der Waals surface area contributed by atoms with E-state index in [4.69, 9.17) is 0 Å². The molecule has 0 aromatic heterocycles. The largest absolute Gasteiger partial charge is 0.346 e. The Morgan fingerprint density at radius 3 is 2.28 bits per heavy atom. The molecule has 1 aliphatic rings. The Morgan fingerprint density at radius 2 is 1.62 bits per heavy atom. The lowest BCUT2D eigenvalue weighted by atomic mass is 10.0. The summed E-state index contributed by atoms with van der Waals surface area (Å²) in [7, 11) is 2.12. The first kappa shape index (κ1) is 21.0. The first-order valence-corrected chi connectivity index (χ1v) is 10.1. The summed E-state index contributed by atoms with van der Waals surface area (Å²) >= 11 is 0. The van der Waals surface area contributed by atoms with Gasteiger partial charge in [0.1, 0.15) is 0 Å². The van der Waals surface area contributed by atoms with Gasteiger partial charge in [-0.3, -0.25) is 14.5 Å². The number of benzene rings is 2. The number of amides is 2. The van der Waals surface area contributed by atoms with Gasteiger partial charge in [-0.05, 0) is 44.2 Å². The minimum Gasteiger partial charge on any atom is -0.346 e. The highest BCUT2D eigenvalue weighted by Crippen LogP contribution is 2.22. The zero-order valence-electron chi connectivity index (χ0n) is 17.4. The van der Waals surface area contributed by atoms with E-state index in [-0.39, 0.29) is 6.04 Å². The van der Waals surface area contributed by atoms with Gasteiger partial charge in [0.25, 0.3) is 0 Å². The molecule has 2 N–H and O–H groups in total. The number of nitrogens with one attached hydrogen (secondary N) is 2. The zero-order valence-corrected chi connectivity index (χ0v) is 17.4. The summed E-state index contributed by atoms with van der Waals surface area (Å²) in [5.74, 6) is -1.26. The average molecular weight is 395 g/mol. The standard InChI is InChI=1S/C23H30N4O2/c1-17-7-9-19(10-8-17)21(27-13-11-26(3)12-14-27)16-24-22(28)23(29)25-20-6-4-5-18(2)15-20/h4-10,15,21H,11-14,16H2,1-3H3,(H,24,28)(H,25,29)/t21-/m1/s1. The molecule has 1 fully saturated rings. The van der Waals surface area contributed by atoms with Crippen molar-refractivity contribution in [3.05, 3.63) is 65.2 Å². The van der Waals surface area contributed by atoms with Crippen molar-refractivity contribution in [2.75, 3.05) is 45.1 Å². The van der Waals surface area contributed by atoms with E-state index in [1.165, 1.54) is 5.56 Å². The van der Waals surface area contributed by atoms with Gasteiger partial charge < -0.3 is 15.5 Å². The van der Waals surface area contributed by atoms with Gasteiger partial charge in [-0.25, -0.2) is 0 Å². The molecule has 1 heterocycles. The van der Waals surface area contributed by atoms with E-state index in [1.807, 2.05) is 25.1 Å². The Hall–Kier alpha value is -2.70. The van der Waals surface area contributed by atoms with E-state index in [0.29, 0.717) is 12.2 Å². The summed E-state index contributed by atoms with van der Waals surface area (Å²) in [6.07, 6.45) is 0. The van der Waals surface area contributed by atoms with Crippen LogP contribution in [0.3, 0.4) is 0 Å². The highest BCUT2D eigenvalue weighted by atomic mass is 16.2. The molecule has 1 saturated heterocycles. The Morgan fingerprint density at radius 1 is 0.931 bits per heavy atom. The number of rotatable bonds is 5. The second-order valence-corrected chi connectivity index (χ2v) is 7.80. The van der Waals surface area contributed by atoms with Crippen LogP contribution >= 0.6 is 0 Å². The maximum absolute atomic E-state index is 12.4. The van der Waals surface area contributed by atoms with E-state index in [9.17, 15) is 9.59 Å². The third-order valence-electron chi connectivity index (χ3n) is 5.38. The third kappa shape index (κ3) is 5.89. The Kier molecular flexibility index (Phi) is 7.01. The van der Waals surface area contributed by atoms with Crippen LogP contribution in [-0.2, 0) is 9.59 Å². The number of carbonyl (C=O) groups is 2. The zero-order chi connectivity index (χ0) is 20.8. The van der Waals surface area contributed by atoms with Gasteiger partial charge in [-0.2, -0.15) is 0 Å². The molecular formula is C23H30N4O2. The van der Waals surface area contributed by atoms with Crippen molar-refractivity contribution >= 4 is 17.5 Å². The third-order valence-corrected chi connectivity index (χ3v) is 5.38. The molecule has 0 saturated carbocycles. The van der Waals surface area contributed by atoms with Crippen LogP contribution in [0.25, 0.3) is 0 Å². The number of carbonyl (C=O) groups excluding carboxylic acids is 2. The molecule has 0 spiro atoms. The van der Waals surface area contributed by atoms with Crippen LogP contribution < -0.4 is 10.6 Å². The van der Waals surface area contributed by atoms with Crippen molar-refractivity contribution in [3.63, 3.8) is 0 Å². The number of nitrogens with zero attached hydrogens (tertiary/aromatic N) is 2. The molecule has 2 aromatic rings. The van der Waals surface area contributed by atoms with Crippen LogP contribution in [-0.4, -0.2) is 61.4 Å². The number of anilines is 1. The van der Waals surface area contributed by atoms with Crippen molar-refractivity contribution in [2.45, 2.75) is 19.9 Å².